The number of ether oxygens (including phenoxy) is 2. The van der Waals surface area contributed by atoms with Crippen LogP contribution in [-0.2, 0) is 19.1 Å². The number of aliphatic hydroxyl groups is 1. The van der Waals surface area contributed by atoms with Crippen LogP contribution in [0.4, 0.5) is 0 Å². The van der Waals surface area contributed by atoms with Crippen LogP contribution in [0.3, 0.4) is 0 Å². The lowest BCUT2D eigenvalue weighted by Gasteiger charge is -2.15. The van der Waals surface area contributed by atoms with Gasteiger partial charge in [0.25, 0.3) is 0 Å². The lowest BCUT2D eigenvalue weighted by Crippen LogP contribution is -2.28. The first-order valence-corrected chi connectivity index (χ1v) is 18.2. The standard InChI is InChI=1S/C37H70O5/c1-3-5-7-9-11-13-15-16-17-18-19-20-22-24-26-28-30-32-37(40)42-35(33-38)34-41-36(39)31-29-27-25-23-21-14-12-10-8-6-4-2/h16-17,35,38H,3-15,18-34H2,1-2H3/b17-16-/t35-/m0/s1. The summed E-state index contributed by atoms with van der Waals surface area (Å²) >= 11 is 0. The molecule has 0 aliphatic heterocycles. The summed E-state index contributed by atoms with van der Waals surface area (Å²) < 4.78 is 10.6. The van der Waals surface area contributed by atoms with Gasteiger partial charge in [-0.25, -0.2) is 0 Å². The van der Waals surface area contributed by atoms with Gasteiger partial charge in [0.05, 0.1) is 6.61 Å². The van der Waals surface area contributed by atoms with E-state index < -0.39 is 6.10 Å². The Hall–Kier alpha value is -1.36. The van der Waals surface area contributed by atoms with Crippen molar-refractivity contribution in [3.8, 4) is 0 Å². The molecule has 0 aliphatic rings. The summed E-state index contributed by atoms with van der Waals surface area (Å²) in [6.45, 7) is 4.12. The normalized spacial score (nSPS) is 12.2. The van der Waals surface area contributed by atoms with Crippen molar-refractivity contribution in [1.29, 1.82) is 0 Å². The highest BCUT2D eigenvalue weighted by Crippen LogP contribution is 2.14. The van der Waals surface area contributed by atoms with E-state index in [0.717, 1.165) is 38.5 Å². The van der Waals surface area contributed by atoms with E-state index >= 15 is 0 Å². The van der Waals surface area contributed by atoms with Gasteiger partial charge in [0.15, 0.2) is 6.10 Å². The van der Waals surface area contributed by atoms with Crippen molar-refractivity contribution >= 4 is 11.9 Å². The van der Waals surface area contributed by atoms with Crippen molar-refractivity contribution in [3.05, 3.63) is 12.2 Å². The van der Waals surface area contributed by atoms with Gasteiger partial charge >= 0.3 is 11.9 Å². The maximum atomic E-state index is 12.1. The molecule has 0 saturated heterocycles. The van der Waals surface area contributed by atoms with Gasteiger partial charge in [-0.2, -0.15) is 0 Å². The summed E-state index contributed by atoms with van der Waals surface area (Å²) in [6.07, 6.45) is 36.9. The fraction of sp³-hybridized carbons (Fsp3) is 0.892. The third-order valence-electron chi connectivity index (χ3n) is 8.06. The summed E-state index contributed by atoms with van der Waals surface area (Å²) in [7, 11) is 0. The summed E-state index contributed by atoms with van der Waals surface area (Å²) in [6, 6.07) is 0. The van der Waals surface area contributed by atoms with Gasteiger partial charge in [0.1, 0.15) is 6.61 Å². The Morgan fingerprint density at radius 1 is 0.524 bits per heavy atom. The minimum Gasteiger partial charge on any atom is -0.462 e. The predicted octanol–water partition coefficient (Wildman–Crippen LogP) is 11.0. The molecule has 0 radical (unpaired) electrons. The molecule has 42 heavy (non-hydrogen) atoms. The highest BCUT2D eigenvalue weighted by Gasteiger charge is 2.16. The molecule has 0 aliphatic carbocycles. The number of allylic oxidation sites excluding steroid dienone is 2. The molecule has 0 amide bonds. The molecule has 0 saturated carbocycles. The van der Waals surface area contributed by atoms with Crippen molar-refractivity contribution in [2.24, 2.45) is 0 Å². The highest BCUT2D eigenvalue weighted by molar-refractivity contribution is 5.70. The molecule has 0 fully saturated rings. The Kier molecular flexibility index (Phi) is 33.0. The van der Waals surface area contributed by atoms with Crippen molar-refractivity contribution < 1.29 is 24.2 Å². The number of carbonyl (C=O) groups excluding carboxylic acids is 2. The molecule has 0 aromatic rings. The predicted molar refractivity (Wildman–Crippen MR) is 178 cm³/mol. The number of unbranched alkanes of at least 4 members (excludes halogenated alkanes) is 23. The monoisotopic (exact) mass is 595 g/mol. The Morgan fingerprint density at radius 2 is 0.881 bits per heavy atom. The minimum absolute atomic E-state index is 0.0622. The van der Waals surface area contributed by atoms with Crippen LogP contribution < -0.4 is 0 Å². The number of hydrogen-bond acceptors (Lipinski definition) is 5. The molecule has 248 valence electrons. The molecule has 0 aromatic heterocycles. The zero-order valence-electron chi connectivity index (χ0n) is 28.0. The first kappa shape index (κ1) is 40.6. The van der Waals surface area contributed by atoms with Gasteiger partial charge in [0, 0.05) is 12.8 Å². The summed E-state index contributed by atoms with van der Waals surface area (Å²) in [5.74, 6) is -0.590. The second-order valence-corrected chi connectivity index (χ2v) is 12.3. The molecule has 0 unspecified atom stereocenters. The second kappa shape index (κ2) is 34.1. The largest absolute Gasteiger partial charge is 0.462 e. The van der Waals surface area contributed by atoms with Crippen molar-refractivity contribution in [2.45, 2.75) is 200 Å². The molecule has 0 aromatic carbocycles. The minimum atomic E-state index is -0.765. The number of aliphatic hydroxyl groups excluding tert-OH is 1. The SMILES string of the molecule is CCCCCCCC/C=C\CCCCCCCCCC(=O)O[C@@H](CO)COC(=O)CCCCCCCCCCCCC. The second-order valence-electron chi connectivity index (χ2n) is 12.3. The maximum Gasteiger partial charge on any atom is 0.306 e. The van der Waals surface area contributed by atoms with Crippen LogP contribution in [0.25, 0.3) is 0 Å². The molecule has 5 nitrogen and oxygen atoms in total. The number of hydrogen-bond donors (Lipinski definition) is 1. The molecule has 5 heteroatoms. The zero-order chi connectivity index (χ0) is 30.8. The molecule has 0 rings (SSSR count). The third-order valence-corrected chi connectivity index (χ3v) is 8.06. The molecule has 0 spiro atoms. The van der Waals surface area contributed by atoms with Gasteiger partial charge in [-0.3, -0.25) is 9.59 Å². The van der Waals surface area contributed by atoms with Gasteiger partial charge in [-0.1, -0.05) is 154 Å². The average molecular weight is 595 g/mol. The van der Waals surface area contributed by atoms with E-state index in [0.29, 0.717) is 12.8 Å². The van der Waals surface area contributed by atoms with Crippen molar-refractivity contribution in [1.82, 2.24) is 0 Å². The molecule has 1 atom stereocenters. The zero-order valence-corrected chi connectivity index (χ0v) is 28.0. The van der Waals surface area contributed by atoms with Crippen LogP contribution >= 0.6 is 0 Å². The van der Waals surface area contributed by atoms with Crippen LogP contribution in [0.2, 0.25) is 0 Å². The quantitative estimate of drug-likeness (QED) is 0.0465. The Labute approximate surface area is 261 Å². The summed E-state index contributed by atoms with van der Waals surface area (Å²) in [4.78, 5) is 24.1. The number of rotatable bonds is 33. The van der Waals surface area contributed by atoms with Gasteiger partial charge in [0.2, 0.25) is 0 Å². The fourth-order valence-corrected chi connectivity index (χ4v) is 5.25. The van der Waals surface area contributed by atoms with Gasteiger partial charge in [-0.05, 0) is 38.5 Å². The van der Waals surface area contributed by atoms with Crippen LogP contribution in [0, 0.1) is 0 Å². The van der Waals surface area contributed by atoms with Gasteiger partial charge in [-0.15, -0.1) is 0 Å². The Balaban J connectivity index is 3.54. The highest BCUT2D eigenvalue weighted by atomic mass is 16.6. The Bertz CT molecular complexity index is 603. The van der Waals surface area contributed by atoms with E-state index in [9.17, 15) is 14.7 Å². The van der Waals surface area contributed by atoms with Crippen LogP contribution in [-0.4, -0.2) is 36.4 Å². The maximum absolute atomic E-state index is 12.1. The lowest BCUT2D eigenvalue weighted by atomic mass is 10.1. The summed E-state index contributed by atoms with van der Waals surface area (Å²) in [5.41, 5.74) is 0. The smallest absolute Gasteiger partial charge is 0.306 e. The van der Waals surface area contributed by atoms with Gasteiger partial charge < -0.3 is 14.6 Å². The van der Waals surface area contributed by atoms with Crippen LogP contribution in [0.15, 0.2) is 12.2 Å². The van der Waals surface area contributed by atoms with E-state index in [2.05, 4.69) is 26.0 Å². The average Bonchev–Trinajstić information content (AvgIpc) is 2.99. The number of esters is 2. The van der Waals surface area contributed by atoms with E-state index in [1.807, 2.05) is 0 Å². The fourth-order valence-electron chi connectivity index (χ4n) is 5.25. The van der Waals surface area contributed by atoms with Crippen LogP contribution in [0.1, 0.15) is 194 Å². The molecule has 1 N–H and O–H groups in total. The molecule has 0 heterocycles. The first-order valence-electron chi connectivity index (χ1n) is 18.2. The van der Waals surface area contributed by atoms with E-state index in [-0.39, 0.29) is 25.2 Å². The van der Waals surface area contributed by atoms with E-state index in [4.69, 9.17) is 9.47 Å². The van der Waals surface area contributed by atoms with E-state index in [1.54, 1.807) is 0 Å². The first-order chi connectivity index (χ1) is 20.6. The van der Waals surface area contributed by atoms with Crippen molar-refractivity contribution in [3.63, 3.8) is 0 Å². The molecule has 0 bridgehead atoms. The van der Waals surface area contributed by atoms with Crippen LogP contribution in [0.5, 0.6) is 0 Å². The Morgan fingerprint density at radius 3 is 1.29 bits per heavy atom. The van der Waals surface area contributed by atoms with Crippen molar-refractivity contribution in [2.75, 3.05) is 13.2 Å². The van der Waals surface area contributed by atoms with E-state index in [1.165, 1.54) is 128 Å². The molecular weight excluding hydrogens is 524 g/mol. The summed E-state index contributed by atoms with van der Waals surface area (Å²) in [5, 5.41) is 9.51. The number of carbonyl (C=O) groups is 2. The molecular formula is C37H70O5. The topological polar surface area (TPSA) is 72.8 Å². The lowest BCUT2D eigenvalue weighted by molar-refractivity contribution is -0.161. The third kappa shape index (κ3) is 31.6.